The van der Waals surface area contributed by atoms with Crippen molar-refractivity contribution in [1.82, 2.24) is 0 Å². The predicted octanol–water partition coefficient (Wildman–Crippen LogP) is 4.58. The third kappa shape index (κ3) is 2.24. The van der Waals surface area contributed by atoms with E-state index in [1.807, 2.05) is 44.2 Å². The van der Waals surface area contributed by atoms with E-state index in [-0.39, 0.29) is 5.82 Å². The van der Waals surface area contributed by atoms with Crippen molar-refractivity contribution in [1.29, 1.82) is 0 Å². The SMILES string of the molecule is Cc1cc(C)c(C(O)c2c(C)oc3ccccc23)c(F)c1. The van der Waals surface area contributed by atoms with Gasteiger partial charge < -0.3 is 9.52 Å². The van der Waals surface area contributed by atoms with Gasteiger partial charge in [0.25, 0.3) is 0 Å². The number of aliphatic hydroxyl groups is 1. The van der Waals surface area contributed by atoms with Crippen LogP contribution in [-0.2, 0) is 0 Å². The molecule has 0 bridgehead atoms. The van der Waals surface area contributed by atoms with E-state index in [0.29, 0.717) is 22.5 Å². The van der Waals surface area contributed by atoms with Crippen LogP contribution in [0.1, 0.15) is 34.1 Å². The van der Waals surface area contributed by atoms with Crippen molar-refractivity contribution in [2.75, 3.05) is 0 Å². The second-order valence-electron chi connectivity index (χ2n) is 5.45. The molecular weight excluding hydrogens is 267 g/mol. The highest BCUT2D eigenvalue weighted by atomic mass is 19.1. The summed E-state index contributed by atoms with van der Waals surface area (Å²) in [5, 5.41) is 11.5. The fourth-order valence-electron chi connectivity index (χ4n) is 2.95. The van der Waals surface area contributed by atoms with Crippen LogP contribution in [-0.4, -0.2) is 5.11 Å². The van der Waals surface area contributed by atoms with E-state index in [2.05, 4.69) is 0 Å². The first-order chi connectivity index (χ1) is 9.99. The Kier molecular flexibility index (Phi) is 3.30. The molecule has 0 spiro atoms. The van der Waals surface area contributed by atoms with Crippen molar-refractivity contribution < 1.29 is 13.9 Å². The largest absolute Gasteiger partial charge is 0.461 e. The lowest BCUT2D eigenvalue weighted by Crippen LogP contribution is -2.06. The summed E-state index contributed by atoms with van der Waals surface area (Å²) in [6.45, 7) is 5.44. The van der Waals surface area contributed by atoms with Gasteiger partial charge in [0.15, 0.2) is 0 Å². The summed E-state index contributed by atoms with van der Waals surface area (Å²) < 4.78 is 20.0. The number of halogens is 1. The van der Waals surface area contributed by atoms with Gasteiger partial charge in [0.2, 0.25) is 0 Å². The summed E-state index contributed by atoms with van der Waals surface area (Å²) in [5.74, 6) is 0.229. The molecule has 2 nitrogen and oxygen atoms in total. The second-order valence-corrected chi connectivity index (χ2v) is 5.45. The van der Waals surface area contributed by atoms with Crippen LogP contribution in [0.3, 0.4) is 0 Å². The number of furan rings is 1. The molecule has 0 fully saturated rings. The van der Waals surface area contributed by atoms with Crippen LogP contribution in [0.2, 0.25) is 0 Å². The molecule has 1 N–H and O–H groups in total. The maximum atomic E-state index is 14.3. The Morgan fingerprint density at radius 2 is 1.76 bits per heavy atom. The number of benzene rings is 2. The lowest BCUT2D eigenvalue weighted by atomic mass is 9.94. The van der Waals surface area contributed by atoms with Crippen LogP contribution < -0.4 is 0 Å². The third-order valence-corrected chi connectivity index (χ3v) is 3.85. The van der Waals surface area contributed by atoms with E-state index in [9.17, 15) is 9.50 Å². The lowest BCUT2D eigenvalue weighted by Gasteiger charge is -2.15. The topological polar surface area (TPSA) is 33.4 Å². The quantitative estimate of drug-likeness (QED) is 0.747. The molecular formula is C18H17FO2. The summed E-state index contributed by atoms with van der Waals surface area (Å²) >= 11 is 0. The van der Waals surface area contributed by atoms with Crippen LogP contribution >= 0.6 is 0 Å². The molecule has 0 amide bonds. The van der Waals surface area contributed by atoms with Gasteiger partial charge in [-0.25, -0.2) is 4.39 Å². The van der Waals surface area contributed by atoms with Crippen LogP contribution in [0.5, 0.6) is 0 Å². The Hall–Kier alpha value is -2.13. The molecule has 0 saturated carbocycles. The maximum absolute atomic E-state index is 14.3. The normalized spacial score (nSPS) is 12.8. The molecule has 0 saturated heterocycles. The fourth-order valence-corrected chi connectivity index (χ4v) is 2.95. The van der Waals surface area contributed by atoms with Gasteiger partial charge in [-0.05, 0) is 44.0 Å². The van der Waals surface area contributed by atoms with Crippen LogP contribution in [0.15, 0.2) is 40.8 Å². The molecule has 3 aromatic rings. The van der Waals surface area contributed by atoms with Gasteiger partial charge in [0.05, 0.1) is 0 Å². The average Bonchev–Trinajstić information content (AvgIpc) is 2.73. The first-order valence-electron chi connectivity index (χ1n) is 6.91. The molecule has 1 atom stereocenters. The van der Waals surface area contributed by atoms with Crippen molar-refractivity contribution in [3.8, 4) is 0 Å². The zero-order valence-corrected chi connectivity index (χ0v) is 12.3. The van der Waals surface area contributed by atoms with Gasteiger partial charge in [-0.15, -0.1) is 0 Å². The minimum Gasteiger partial charge on any atom is -0.461 e. The van der Waals surface area contributed by atoms with E-state index in [0.717, 1.165) is 16.5 Å². The standard InChI is InChI=1S/C18H17FO2/c1-10-8-11(2)16(14(19)9-10)18(20)17-12(3)21-15-7-5-4-6-13(15)17/h4-9,18,20H,1-3H3. The number of aliphatic hydroxyl groups excluding tert-OH is 1. The molecule has 0 radical (unpaired) electrons. The molecule has 0 aliphatic carbocycles. The molecule has 1 unspecified atom stereocenters. The van der Waals surface area contributed by atoms with Gasteiger partial charge in [0.1, 0.15) is 23.3 Å². The van der Waals surface area contributed by atoms with Crippen molar-refractivity contribution in [2.45, 2.75) is 26.9 Å². The van der Waals surface area contributed by atoms with E-state index in [1.165, 1.54) is 6.07 Å². The smallest absolute Gasteiger partial charge is 0.134 e. The zero-order chi connectivity index (χ0) is 15.1. The van der Waals surface area contributed by atoms with Gasteiger partial charge in [-0.2, -0.15) is 0 Å². The summed E-state index contributed by atoms with van der Waals surface area (Å²) in [6.07, 6.45) is -1.03. The number of hydrogen-bond donors (Lipinski definition) is 1. The Bertz CT molecular complexity index is 794. The molecule has 1 aromatic heterocycles. The molecule has 2 aromatic carbocycles. The number of fused-ring (bicyclic) bond motifs is 1. The number of hydrogen-bond acceptors (Lipinski definition) is 2. The van der Waals surface area contributed by atoms with E-state index in [1.54, 1.807) is 6.92 Å². The number of aryl methyl sites for hydroxylation is 3. The third-order valence-electron chi connectivity index (χ3n) is 3.85. The molecule has 21 heavy (non-hydrogen) atoms. The summed E-state index contributed by atoms with van der Waals surface area (Å²) in [7, 11) is 0. The molecule has 3 rings (SSSR count). The van der Waals surface area contributed by atoms with Crippen molar-refractivity contribution >= 4 is 11.0 Å². The Labute approximate surface area is 122 Å². The molecule has 108 valence electrons. The number of para-hydroxylation sites is 1. The van der Waals surface area contributed by atoms with E-state index >= 15 is 0 Å². The second kappa shape index (κ2) is 5.01. The van der Waals surface area contributed by atoms with Crippen molar-refractivity contribution in [3.05, 3.63) is 70.2 Å². The Balaban J connectivity index is 2.22. The Morgan fingerprint density at radius 3 is 2.48 bits per heavy atom. The van der Waals surface area contributed by atoms with Crippen molar-refractivity contribution in [3.63, 3.8) is 0 Å². The highest BCUT2D eigenvalue weighted by molar-refractivity contribution is 5.83. The summed E-state index contributed by atoms with van der Waals surface area (Å²) in [4.78, 5) is 0. The van der Waals surface area contributed by atoms with Gasteiger partial charge in [-0.1, -0.05) is 24.3 Å². The zero-order valence-electron chi connectivity index (χ0n) is 12.3. The number of rotatable bonds is 2. The predicted molar refractivity (Wildman–Crippen MR) is 80.9 cm³/mol. The van der Waals surface area contributed by atoms with E-state index in [4.69, 9.17) is 4.42 Å². The first-order valence-corrected chi connectivity index (χ1v) is 6.91. The highest BCUT2D eigenvalue weighted by Crippen LogP contribution is 2.36. The fraction of sp³-hybridized carbons (Fsp3) is 0.222. The van der Waals surface area contributed by atoms with Gasteiger partial charge in [-0.3, -0.25) is 0 Å². The molecule has 0 aliphatic heterocycles. The average molecular weight is 284 g/mol. The van der Waals surface area contributed by atoms with Crippen molar-refractivity contribution in [2.24, 2.45) is 0 Å². The first kappa shape index (κ1) is 13.8. The lowest BCUT2D eigenvalue weighted by molar-refractivity contribution is 0.213. The van der Waals surface area contributed by atoms with Gasteiger partial charge in [0, 0.05) is 16.5 Å². The Morgan fingerprint density at radius 1 is 1.05 bits per heavy atom. The minimum absolute atomic E-state index is 0.315. The van der Waals surface area contributed by atoms with E-state index < -0.39 is 6.10 Å². The molecule has 0 aliphatic rings. The van der Waals surface area contributed by atoms with Gasteiger partial charge >= 0.3 is 0 Å². The maximum Gasteiger partial charge on any atom is 0.134 e. The summed E-state index contributed by atoms with van der Waals surface area (Å²) in [5.41, 5.74) is 3.24. The van der Waals surface area contributed by atoms with Crippen LogP contribution in [0.4, 0.5) is 4.39 Å². The summed E-state index contributed by atoms with van der Waals surface area (Å²) in [6, 6.07) is 10.8. The van der Waals surface area contributed by atoms with Crippen LogP contribution in [0.25, 0.3) is 11.0 Å². The molecule has 3 heteroatoms. The monoisotopic (exact) mass is 284 g/mol. The van der Waals surface area contributed by atoms with Crippen LogP contribution in [0, 0.1) is 26.6 Å². The molecule has 1 heterocycles. The highest BCUT2D eigenvalue weighted by Gasteiger charge is 2.24. The minimum atomic E-state index is -1.03.